The average molecular weight is 281 g/mol. The van der Waals surface area contributed by atoms with Crippen LogP contribution in [0.5, 0.6) is 0 Å². The number of halogens is 5. The Morgan fingerprint density at radius 2 is 1.79 bits per heavy atom. The van der Waals surface area contributed by atoms with Crippen LogP contribution >= 0.6 is 0 Å². The maximum atomic E-state index is 13.9. The van der Waals surface area contributed by atoms with Gasteiger partial charge in [-0.15, -0.1) is 0 Å². The van der Waals surface area contributed by atoms with Gasteiger partial charge in [0, 0.05) is 24.3 Å². The summed E-state index contributed by atoms with van der Waals surface area (Å²) in [5, 5.41) is 3.74. The molecule has 4 N–H and O–H groups in total. The van der Waals surface area contributed by atoms with Gasteiger partial charge in [-0.3, -0.25) is 10.6 Å². The number of nitrogens with one attached hydrogen (secondary N) is 2. The van der Waals surface area contributed by atoms with E-state index >= 15 is 0 Å². The van der Waals surface area contributed by atoms with Crippen LogP contribution in [0.25, 0.3) is 0 Å². The van der Waals surface area contributed by atoms with Gasteiger partial charge in [0.1, 0.15) is 5.82 Å². The fourth-order valence-electron chi connectivity index (χ4n) is 2.17. The minimum Gasteiger partial charge on any atom is -0.399 e. The van der Waals surface area contributed by atoms with E-state index in [0.29, 0.717) is 0 Å². The Morgan fingerprint density at radius 1 is 1.16 bits per heavy atom. The fraction of sp³-hybridized carbons (Fsp3) is 0.455. The van der Waals surface area contributed by atoms with Crippen LogP contribution in [-0.4, -0.2) is 25.6 Å². The van der Waals surface area contributed by atoms with Crippen molar-refractivity contribution in [3.05, 3.63) is 29.6 Å². The molecule has 1 aliphatic heterocycles. The van der Waals surface area contributed by atoms with Gasteiger partial charge in [-0.2, -0.15) is 8.78 Å². The van der Waals surface area contributed by atoms with E-state index in [-0.39, 0.29) is 18.8 Å². The lowest BCUT2D eigenvalue weighted by atomic mass is 9.85. The van der Waals surface area contributed by atoms with E-state index in [0.717, 1.165) is 18.2 Å². The summed E-state index contributed by atoms with van der Waals surface area (Å²) in [6, 6.07) is -1.29. The molecule has 0 bridgehead atoms. The Morgan fingerprint density at radius 3 is 2.37 bits per heavy atom. The summed E-state index contributed by atoms with van der Waals surface area (Å²) in [7, 11) is 0. The van der Waals surface area contributed by atoms with Crippen molar-refractivity contribution < 1.29 is 22.0 Å². The molecule has 1 fully saturated rings. The van der Waals surface area contributed by atoms with Gasteiger partial charge in [-0.25, -0.2) is 13.2 Å². The minimum absolute atomic E-state index is 0.0698. The predicted octanol–water partition coefficient (Wildman–Crippen LogP) is 1.65. The molecule has 0 aliphatic carbocycles. The average Bonchev–Trinajstić information content (AvgIpc) is 2.32. The summed E-state index contributed by atoms with van der Waals surface area (Å²) >= 11 is 0. The number of hydrogen-bond acceptors (Lipinski definition) is 3. The molecule has 0 saturated carbocycles. The topological polar surface area (TPSA) is 50.1 Å². The van der Waals surface area contributed by atoms with E-state index in [9.17, 15) is 22.0 Å². The molecule has 2 rings (SSSR count). The summed E-state index contributed by atoms with van der Waals surface area (Å²) in [5.41, 5.74) is 1.33. The fourth-order valence-corrected chi connectivity index (χ4v) is 2.17. The maximum Gasteiger partial charge on any atom is 0.330 e. The van der Waals surface area contributed by atoms with Gasteiger partial charge in [-0.1, -0.05) is 0 Å². The number of nitrogen functional groups attached to an aromatic ring is 1. The zero-order valence-electron chi connectivity index (χ0n) is 9.69. The molecule has 1 aliphatic rings. The van der Waals surface area contributed by atoms with Crippen LogP contribution in [0, 0.1) is 5.82 Å². The van der Waals surface area contributed by atoms with Crippen molar-refractivity contribution in [1.82, 2.24) is 10.6 Å². The first-order valence-electron chi connectivity index (χ1n) is 5.53. The summed E-state index contributed by atoms with van der Waals surface area (Å²) in [6.07, 6.45) is -3.52. The second-order valence-electron chi connectivity index (χ2n) is 4.28. The Kier molecular flexibility index (Phi) is 3.40. The van der Waals surface area contributed by atoms with Gasteiger partial charge >= 0.3 is 6.05 Å². The molecule has 0 unspecified atom stereocenters. The summed E-state index contributed by atoms with van der Waals surface area (Å²) in [4.78, 5) is 0. The maximum absolute atomic E-state index is 13.9. The Balaban J connectivity index is 2.65. The summed E-state index contributed by atoms with van der Waals surface area (Å²) in [5.74, 6) is -1.16. The molecular formula is C11H12F5N3. The van der Waals surface area contributed by atoms with E-state index in [1.165, 1.54) is 0 Å². The largest absolute Gasteiger partial charge is 0.399 e. The highest BCUT2D eigenvalue weighted by molar-refractivity contribution is 5.45. The Labute approximate surface area is 106 Å². The molecule has 0 aromatic heterocycles. The van der Waals surface area contributed by atoms with E-state index in [1.54, 1.807) is 5.32 Å². The Hall–Kier alpha value is -1.41. The van der Waals surface area contributed by atoms with Crippen molar-refractivity contribution in [1.29, 1.82) is 0 Å². The van der Waals surface area contributed by atoms with Crippen molar-refractivity contribution in [3.8, 4) is 0 Å². The van der Waals surface area contributed by atoms with Gasteiger partial charge in [0.15, 0.2) is 5.54 Å². The molecule has 1 aromatic rings. The minimum atomic E-state index is -4.01. The van der Waals surface area contributed by atoms with Crippen LogP contribution in [0.2, 0.25) is 0 Å². The van der Waals surface area contributed by atoms with Gasteiger partial charge < -0.3 is 5.73 Å². The molecule has 1 atom stereocenters. The van der Waals surface area contributed by atoms with Crippen LogP contribution in [0.1, 0.15) is 5.56 Å². The molecule has 0 amide bonds. The van der Waals surface area contributed by atoms with Crippen LogP contribution < -0.4 is 16.4 Å². The standard InChI is InChI=1S/C11H12F5N3/c12-8-2-1-6(17)5-7(8)10(9(13)14)11(15,16)19-4-3-18-10/h1-2,5,9,18-19H,3-4,17H2/t10-/m0/s1. The zero-order chi connectivity index (χ0) is 14.3. The number of rotatable bonds is 2. The predicted molar refractivity (Wildman–Crippen MR) is 59.4 cm³/mol. The Bertz CT molecular complexity index is 479. The first-order chi connectivity index (χ1) is 8.81. The van der Waals surface area contributed by atoms with E-state index < -0.39 is 29.4 Å². The van der Waals surface area contributed by atoms with E-state index in [1.807, 2.05) is 5.32 Å². The first-order valence-corrected chi connectivity index (χ1v) is 5.53. The van der Waals surface area contributed by atoms with Gasteiger partial charge in [0.05, 0.1) is 0 Å². The van der Waals surface area contributed by atoms with Crippen molar-refractivity contribution in [2.75, 3.05) is 18.8 Å². The van der Waals surface area contributed by atoms with E-state index in [2.05, 4.69) is 0 Å². The highest BCUT2D eigenvalue weighted by Crippen LogP contribution is 2.43. The third-order valence-corrected chi connectivity index (χ3v) is 3.11. The number of nitrogens with two attached hydrogens (primary N) is 1. The molecule has 0 radical (unpaired) electrons. The number of hydrogen-bond donors (Lipinski definition) is 3. The molecule has 1 saturated heterocycles. The molecule has 106 valence electrons. The quantitative estimate of drug-likeness (QED) is 0.439. The third-order valence-electron chi connectivity index (χ3n) is 3.11. The number of alkyl halides is 4. The van der Waals surface area contributed by atoms with Crippen molar-refractivity contribution >= 4 is 5.69 Å². The molecule has 1 aromatic carbocycles. The molecule has 8 heteroatoms. The first kappa shape index (κ1) is 14.0. The molecule has 3 nitrogen and oxygen atoms in total. The lowest BCUT2D eigenvalue weighted by Crippen LogP contribution is -2.71. The van der Waals surface area contributed by atoms with Crippen molar-refractivity contribution in [2.45, 2.75) is 18.0 Å². The zero-order valence-corrected chi connectivity index (χ0v) is 9.69. The van der Waals surface area contributed by atoms with Crippen LogP contribution in [0.15, 0.2) is 18.2 Å². The highest BCUT2D eigenvalue weighted by Gasteiger charge is 2.63. The van der Waals surface area contributed by atoms with Crippen molar-refractivity contribution in [3.63, 3.8) is 0 Å². The number of benzene rings is 1. The highest BCUT2D eigenvalue weighted by atomic mass is 19.3. The molecule has 0 spiro atoms. The number of anilines is 1. The van der Waals surface area contributed by atoms with Crippen LogP contribution in [-0.2, 0) is 5.54 Å². The number of piperazine rings is 1. The van der Waals surface area contributed by atoms with Crippen LogP contribution in [0.3, 0.4) is 0 Å². The molecular weight excluding hydrogens is 269 g/mol. The lowest BCUT2D eigenvalue weighted by molar-refractivity contribution is -0.188. The summed E-state index contributed by atoms with van der Waals surface area (Å²) < 4.78 is 68.1. The SMILES string of the molecule is Nc1ccc(F)c([C@@]2(C(F)F)NCCNC2(F)F)c1. The van der Waals surface area contributed by atoms with Crippen LogP contribution in [0.4, 0.5) is 27.6 Å². The van der Waals surface area contributed by atoms with E-state index in [4.69, 9.17) is 5.73 Å². The summed E-state index contributed by atoms with van der Waals surface area (Å²) in [6.45, 7) is -0.348. The normalized spacial score (nSPS) is 26.6. The second kappa shape index (κ2) is 4.61. The van der Waals surface area contributed by atoms with Gasteiger partial charge in [0.25, 0.3) is 6.43 Å². The third kappa shape index (κ3) is 2.04. The smallest absolute Gasteiger partial charge is 0.330 e. The van der Waals surface area contributed by atoms with Crippen molar-refractivity contribution in [2.24, 2.45) is 0 Å². The monoisotopic (exact) mass is 281 g/mol. The molecule has 1 heterocycles. The lowest BCUT2D eigenvalue weighted by Gasteiger charge is -2.44. The second-order valence-corrected chi connectivity index (χ2v) is 4.28. The van der Waals surface area contributed by atoms with Gasteiger partial charge in [-0.05, 0) is 18.2 Å². The molecule has 19 heavy (non-hydrogen) atoms. The van der Waals surface area contributed by atoms with Gasteiger partial charge in [0.2, 0.25) is 0 Å².